The highest BCUT2D eigenvalue weighted by atomic mass is 16.5. The number of ether oxygens (including phenoxy) is 1. The molecule has 1 aliphatic rings. The third kappa shape index (κ3) is 4.01. The van der Waals surface area contributed by atoms with Crippen LogP contribution in [-0.2, 0) is 9.53 Å². The molecular weight excluding hydrogens is 332 g/mol. The van der Waals surface area contributed by atoms with Gasteiger partial charge in [0.25, 0.3) is 0 Å². The average molecular weight is 356 g/mol. The van der Waals surface area contributed by atoms with Gasteiger partial charge in [-0.05, 0) is 36.2 Å². The molecule has 1 aromatic carbocycles. The second-order valence-corrected chi connectivity index (χ2v) is 6.40. The van der Waals surface area contributed by atoms with E-state index < -0.39 is 0 Å². The Morgan fingerprint density at radius 2 is 2.08 bits per heavy atom. The van der Waals surface area contributed by atoms with Crippen LogP contribution in [0.2, 0.25) is 0 Å². The summed E-state index contributed by atoms with van der Waals surface area (Å²) in [6, 6.07) is 12.1. The molecule has 0 radical (unpaired) electrons. The summed E-state index contributed by atoms with van der Waals surface area (Å²) in [6.07, 6.45) is 2.34. The number of phenols is 1. The fraction of sp³-hybridized carbons (Fsp3) is 0.368. The van der Waals surface area contributed by atoms with Gasteiger partial charge in [0.05, 0.1) is 18.3 Å². The fourth-order valence-corrected chi connectivity index (χ4v) is 3.17. The van der Waals surface area contributed by atoms with E-state index in [9.17, 15) is 9.90 Å². The lowest BCUT2D eigenvalue weighted by Crippen LogP contribution is -2.46. The lowest BCUT2D eigenvalue weighted by molar-refractivity contribution is -0.135. The van der Waals surface area contributed by atoms with Crippen molar-refractivity contribution in [2.45, 2.75) is 24.5 Å². The Bertz CT molecular complexity index is 723. The first-order valence-electron chi connectivity index (χ1n) is 8.56. The molecule has 0 spiro atoms. The van der Waals surface area contributed by atoms with Crippen LogP contribution >= 0.6 is 0 Å². The second kappa shape index (κ2) is 8.27. The maximum absolute atomic E-state index is 13.0. The number of pyridine rings is 1. The Kier molecular flexibility index (Phi) is 5.82. The van der Waals surface area contributed by atoms with Crippen molar-refractivity contribution in [3.63, 3.8) is 0 Å². The number of methoxy groups -OCH3 is 1. The molecule has 1 amide bonds. The van der Waals surface area contributed by atoms with Crippen LogP contribution in [0.3, 0.4) is 0 Å². The molecule has 1 aromatic heterocycles. The highest BCUT2D eigenvalue weighted by Crippen LogP contribution is 2.26. The van der Waals surface area contributed by atoms with E-state index in [1.54, 1.807) is 37.4 Å². The van der Waals surface area contributed by atoms with Gasteiger partial charge in [-0.15, -0.1) is 0 Å². The minimum absolute atomic E-state index is 0.00803. The van der Waals surface area contributed by atoms with Crippen molar-refractivity contribution in [2.75, 3.05) is 20.8 Å². The van der Waals surface area contributed by atoms with Crippen molar-refractivity contribution in [3.8, 4) is 5.75 Å². The summed E-state index contributed by atoms with van der Waals surface area (Å²) in [6.45, 7) is 0.376. The summed E-state index contributed by atoms with van der Waals surface area (Å²) >= 11 is 0. The van der Waals surface area contributed by atoms with Crippen molar-refractivity contribution in [3.05, 3.63) is 59.9 Å². The minimum atomic E-state index is -0.345. The highest BCUT2D eigenvalue weighted by molar-refractivity contribution is 5.82. The van der Waals surface area contributed by atoms with Crippen LogP contribution in [0.4, 0.5) is 0 Å². The molecule has 1 aliphatic heterocycles. The summed E-state index contributed by atoms with van der Waals surface area (Å²) in [5.74, 6) is 0.205. The molecule has 138 valence electrons. The van der Waals surface area contributed by atoms with Gasteiger partial charge in [0.1, 0.15) is 11.8 Å². The van der Waals surface area contributed by atoms with Gasteiger partial charge in [0.15, 0.2) is 0 Å². The number of hydrogen-bond donors (Lipinski definition) is 3. The summed E-state index contributed by atoms with van der Waals surface area (Å²) in [4.78, 5) is 19.0. The number of nitrogens with zero attached hydrogens (tertiary/aromatic N) is 2. The summed E-state index contributed by atoms with van der Waals surface area (Å²) < 4.78 is 5.30. The molecule has 7 nitrogen and oxygen atoms in total. The zero-order chi connectivity index (χ0) is 18.5. The molecule has 0 aliphatic carbocycles. The van der Waals surface area contributed by atoms with E-state index >= 15 is 0 Å². The Balaban J connectivity index is 1.69. The molecule has 7 heteroatoms. The van der Waals surface area contributed by atoms with Gasteiger partial charge < -0.3 is 14.7 Å². The maximum atomic E-state index is 13.0. The predicted octanol–water partition coefficient (Wildman–Crippen LogP) is 1.54. The summed E-state index contributed by atoms with van der Waals surface area (Å²) in [7, 11) is 3.39. The molecule has 3 N–H and O–H groups in total. The number of phenolic OH excluding ortho intramolecular Hbond substituents is 1. The molecule has 2 aromatic rings. The SMILES string of the molecule is COCC(c1ccccn1)N(C)C(=O)C1CC(c2ccc(O)cc2)NN1. The predicted molar refractivity (Wildman–Crippen MR) is 97.1 cm³/mol. The van der Waals surface area contributed by atoms with Gasteiger partial charge in [-0.25, -0.2) is 10.9 Å². The number of hydrogen-bond acceptors (Lipinski definition) is 6. The van der Waals surface area contributed by atoms with Gasteiger partial charge in [-0.2, -0.15) is 0 Å². The van der Waals surface area contributed by atoms with E-state index in [1.807, 2.05) is 30.3 Å². The van der Waals surface area contributed by atoms with Gasteiger partial charge >= 0.3 is 0 Å². The topological polar surface area (TPSA) is 86.7 Å². The Morgan fingerprint density at radius 1 is 1.31 bits per heavy atom. The van der Waals surface area contributed by atoms with E-state index in [0.29, 0.717) is 13.0 Å². The fourth-order valence-electron chi connectivity index (χ4n) is 3.17. The number of rotatable bonds is 6. The first-order chi connectivity index (χ1) is 12.6. The van der Waals surface area contributed by atoms with Crippen molar-refractivity contribution in [1.82, 2.24) is 20.7 Å². The minimum Gasteiger partial charge on any atom is -0.508 e. The number of carbonyl (C=O) groups is 1. The van der Waals surface area contributed by atoms with Crippen LogP contribution in [0, 0.1) is 0 Å². The van der Waals surface area contributed by atoms with Crippen molar-refractivity contribution >= 4 is 5.91 Å². The van der Waals surface area contributed by atoms with Gasteiger partial charge in [0.2, 0.25) is 5.91 Å². The third-order valence-corrected chi connectivity index (χ3v) is 4.67. The molecule has 1 fully saturated rings. The number of amides is 1. The monoisotopic (exact) mass is 356 g/mol. The quantitative estimate of drug-likeness (QED) is 0.728. The van der Waals surface area contributed by atoms with E-state index in [1.165, 1.54) is 0 Å². The first-order valence-corrected chi connectivity index (χ1v) is 8.56. The molecule has 3 rings (SSSR count). The van der Waals surface area contributed by atoms with Gasteiger partial charge in [-0.1, -0.05) is 18.2 Å². The van der Waals surface area contributed by atoms with E-state index in [4.69, 9.17) is 4.74 Å². The molecule has 3 unspecified atom stereocenters. The molecule has 0 saturated carbocycles. The second-order valence-electron chi connectivity index (χ2n) is 6.40. The lowest BCUT2D eigenvalue weighted by atomic mass is 10.0. The van der Waals surface area contributed by atoms with E-state index in [0.717, 1.165) is 11.3 Å². The largest absolute Gasteiger partial charge is 0.508 e. The van der Waals surface area contributed by atoms with Crippen LogP contribution in [0.15, 0.2) is 48.7 Å². The molecule has 2 heterocycles. The third-order valence-electron chi connectivity index (χ3n) is 4.67. The normalized spacial score (nSPS) is 20.7. The molecular formula is C19H24N4O3. The lowest BCUT2D eigenvalue weighted by Gasteiger charge is -2.29. The Morgan fingerprint density at radius 3 is 2.73 bits per heavy atom. The standard InChI is InChI=1S/C19H24N4O3/c1-23(18(12-26-2)15-5-3-4-10-20-15)19(25)17-11-16(21-22-17)13-6-8-14(24)9-7-13/h3-10,16-18,21-22,24H,11-12H2,1-2H3. The number of aromatic hydroxyl groups is 1. The van der Waals surface area contributed by atoms with Crippen molar-refractivity contribution < 1.29 is 14.6 Å². The number of aromatic nitrogens is 1. The van der Waals surface area contributed by atoms with E-state index in [2.05, 4.69) is 15.8 Å². The Hall–Kier alpha value is -2.48. The highest BCUT2D eigenvalue weighted by Gasteiger charge is 2.34. The van der Waals surface area contributed by atoms with Crippen LogP contribution < -0.4 is 10.9 Å². The first kappa shape index (κ1) is 18.3. The molecule has 3 atom stereocenters. The van der Waals surface area contributed by atoms with Crippen LogP contribution in [-0.4, -0.2) is 47.7 Å². The van der Waals surface area contributed by atoms with Gasteiger partial charge in [-0.3, -0.25) is 9.78 Å². The van der Waals surface area contributed by atoms with Crippen LogP contribution in [0.25, 0.3) is 0 Å². The maximum Gasteiger partial charge on any atom is 0.241 e. The van der Waals surface area contributed by atoms with Crippen molar-refractivity contribution in [2.24, 2.45) is 0 Å². The zero-order valence-corrected chi connectivity index (χ0v) is 14.9. The number of hydrazine groups is 1. The number of benzene rings is 1. The van der Waals surface area contributed by atoms with Gasteiger partial charge in [0, 0.05) is 26.4 Å². The number of nitrogens with one attached hydrogen (secondary N) is 2. The molecule has 0 bridgehead atoms. The molecule has 1 saturated heterocycles. The van der Waals surface area contributed by atoms with Crippen LogP contribution in [0.1, 0.15) is 29.8 Å². The average Bonchev–Trinajstić information content (AvgIpc) is 3.16. The summed E-state index contributed by atoms with van der Waals surface area (Å²) in [5, 5.41) is 9.42. The smallest absolute Gasteiger partial charge is 0.241 e. The molecule has 26 heavy (non-hydrogen) atoms. The zero-order valence-electron chi connectivity index (χ0n) is 14.9. The summed E-state index contributed by atoms with van der Waals surface area (Å²) in [5.41, 5.74) is 8.06. The van der Waals surface area contributed by atoms with E-state index in [-0.39, 0.29) is 29.8 Å². The van der Waals surface area contributed by atoms with Crippen LogP contribution in [0.5, 0.6) is 5.75 Å². The number of carbonyl (C=O) groups excluding carboxylic acids is 1. The number of likely N-dealkylation sites (N-methyl/N-ethyl adjacent to an activating group) is 1. The van der Waals surface area contributed by atoms with Crippen molar-refractivity contribution in [1.29, 1.82) is 0 Å². The Labute approximate surface area is 153 Å².